The third-order valence-electron chi connectivity index (χ3n) is 3.81. The fourth-order valence-corrected chi connectivity index (χ4v) is 2.27. The van der Waals surface area contributed by atoms with Gasteiger partial charge in [-0.1, -0.05) is 39.0 Å². The minimum absolute atomic E-state index is 0.0464. The number of phenols is 1. The van der Waals surface area contributed by atoms with Crippen molar-refractivity contribution in [1.82, 2.24) is 0 Å². The molecular weight excluding hydrogens is 302 g/mol. The van der Waals surface area contributed by atoms with Crippen LogP contribution >= 0.6 is 0 Å². The smallest absolute Gasteiger partial charge is 0.265 e. The van der Waals surface area contributed by atoms with Gasteiger partial charge in [0.05, 0.1) is 5.69 Å². The summed E-state index contributed by atoms with van der Waals surface area (Å²) in [7, 11) is 0. The first-order chi connectivity index (χ1) is 11.2. The van der Waals surface area contributed by atoms with Crippen molar-refractivity contribution in [2.75, 3.05) is 5.32 Å². The minimum atomic E-state index is -0.675. The molecule has 0 saturated heterocycles. The van der Waals surface area contributed by atoms with E-state index in [0.717, 1.165) is 5.56 Å². The molecule has 0 heterocycles. The number of aryl methyl sites for hydroxylation is 1. The van der Waals surface area contributed by atoms with Crippen LogP contribution in [0.2, 0.25) is 0 Å². The van der Waals surface area contributed by atoms with Crippen molar-refractivity contribution in [3.8, 4) is 11.5 Å². The molecule has 128 valence electrons. The zero-order valence-corrected chi connectivity index (χ0v) is 14.9. The van der Waals surface area contributed by atoms with Gasteiger partial charge in [-0.3, -0.25) is 4.79 Å². The Hall–Kier alpha value is -2.49. The van der Waals surface area contributed by atoms with E-state index in [4.69, 9.17) is 4.74 Å². The van der Waals surface area contributed by atoms with E-state index < -0.39 is 6.10 Å². The molecule has 0 radical (unpaired) electrons. The Bertz CT molecular complexity index is 715. The van der Waals surface area contributed by atoms with E-state index in [1.807, 2.05) is 37.3 Å². The second kappa shape index (κ2) is 6.95. The summed E-state index contributed by atoms with van der Waals surface area (Å²) in [6, 6.07) is 12.9. The molecule has 1 unspecified atom stereocenters. The summed E-state index contributed by atoms with van der Waals surface area (Å²) in [6.45, 7) is 9.99. The maximum Gasteiger partial charge on any atom is 0.265 e. The summed E-state index contributed by atoms with van der Waals surface area (Å²) < 4.78 is 5.69. The zero-order valence-electron chi connectivity index (χ0n) is 14.9. The number of carbonyl (C=O) groups excluding carboxylic acids is 1. The van der Waals surface area contributed by atoms with E-state index in [1.165, 1.54) is 5.56 Å². The van der Waals surface area contributed by atoms with Crippen molar-refractivity contribution >= 4 is 11.6 Å². The first kappa shape index (κ1) is 17.9. The highest BCUT2D eigenvalue weighted by Gasteiger charge is 2.17. The molecule has 0 aromatic heterocycles. The van der Waals surface area contributed by atoms with Gasteiger partial charge in [0.25, 0.3) is 5.91 Å². The number of hydrogen-bond donors (Lipinski definition) is 2. The van der Waals surface area contributed by atoms with Crippen molar-refractivity contribution in [3.05, 3.63) is 53.6 Å². The summed E-state index contributed by atoms with van der Waals surface area (Å²) in [5, 5.41) is 12.5. The van der Waals surface area contributed by atoms with Gasteiger partial charge < -0.3 is 15.2 Å². The predicted molar refractivity (Wildman–Crippen MR) is 96.7 cm³/mol. The highest BCUT2D eigenvalue weighted by molar-refractivity contribution is 5.95. The Balaban J connectivity index is 2.01. The number of amides is 1. The molecule has 0 bridgehead atoms. The Labute approximate surface area is 143 Å². The molecule has 0 spiro atoms. The van der Waals surface area contributed by atoms with Crippen LogP contribution in [0.4, 0.5) is 5.69 Å². The monoisotopic (exact) mass is 327 g/mol. The number of anilines is 1. The van der Waals surface area contributed by atoms with Crippen molar-refractivity contribution in [2.24, 2.45) is 0 Å². The minimum Gasteiger partial charge on any atom is -0.506 e. The normalized spacial score (nSPS) is 12.5. The molecule has 0 fully saturated rings. The lowest BCUT2D eigenvalue weighted by molar-refractivity contribution is -0.122. The molecule has 1 amide bonds. The fraction of sp³-hybridized carbons (Fsp3) is 0.350. The lowest BCUT2D eigenvalue weighted by Gasteiger charge is -2.20. The summed E-state index contributed by atoms with van der Waals surface area (Å²) in [5.41, 5.74) is 2.58. The molecule has 1 atom stereocenters. The number of phenolic OH excluding ortho intramolecular Hbond substituents is 1. The Morgan fingerprint density at radius 2 is 1.75 bits per heavy atom. The van der Waals surface area contributed by atoms with Crippen LogP contribution in [0.1, 0.15) is 38.8 Å². The van der Waals surface area contributed by atoms with Crippen LogP contribution in [0.3, 0.4) is 0 Å². The van der Waals surface area contributed by atoms with E-state index >= 15 is 0 Å². The zero-order chi connectivity index (χ0) is 17.9. The molecule has 4 nitrogen and oxygen atoms in total. The molecule has 0 aliphatic rings. The summed E-state index contributed by atoms with van der Waals surface area (Å²) in [6.07, 6.45) is -0.675. The topological polar surface area (TPSA) is 58.6 Å². The van der Waals surface area contributed by atoms with Crippen molar-refractivity contribution in [3.63, 3.8) is 0 Å². The third-order valence-corrected chi connectivity index (χ3v) is 3.81. The lowest BCUT2D eigenvalue weighted by atomic mass is 9.87. The molecule has 0 aliphatic heterocycles. The maximum absolute atomic E-state index is 12.2. The first-order valence-corrected chi connectivity index (χ1v) is 8.04. The quantitative estimate of drug-likeness (QED) is 0.818. The largest absolute Gasteiger partial charge is 0.506 e. The molecule has 2 rings (SSSR count). The van der Waals surface area contributed by atoms with Gasteiger partial charge in [0, 0.05) is 0 Å². The van der Waals surface area contributed by atoms with Gasteiger partial charge in [0.2, 0.25) is 0 Å². The highest BCUT2D eigenvalue weighted by Crippen LogP contribution is 2.26. The van der Waals surface area contributed by atoms with E-state index in [0.29, 0.717) is 11.4 Å². The second-order valence-electron chi connectivity index (χ2n) is 7.04. The highest BCUT2D eigenvalue weighted by atomic mass is 16.5. The van der Waals surface area contributed by atoms with E-state index in [2.05, 4.69) is 26.1 Å². The van der Waals surface area contributed by atoms with Crippen LogP contribution in [-0.2, 0) is 10.2 Å². The van der Waals surface area contributed by atoms with Gasteiger partial charge in [0.1, 0.15) is 11.5 Å². The first-order valence-electron chi connectivity index (χ1n) is 8.04. The average molecular weight is 327 g/mol. The Kier molecular flexibility index (Phi) is 5.17. The lowest BCUT2D eigenvalue weighted by Crippen LogP contribution is -2.30. The molecule has 2 N–H and O–H groups in total. The SMILES string of the molecule is Cc1ccc(NC(=O)C(C)Oc2ccc(C(C)(C)C)cc2)c(O)c1. The molecule has 0 saturated carbocycles. The Morgan fingerprint density at radius 3 is 2.29 bits per heavy atom. The number of nitrogens with one attached hydrogen (secondary N) is 1. The summed E-state index contributed by atoms with van der Waals surface area (Å²) in [4.78, 5) is 12.2. The number of rotatable bonds is 4. The van der Waals surface area contributed by atoms with Gasteiger partial charge in [-0.2, -0.15) is 0 Å². The Morgan fingerprint density at radius 1 is 1.12 bits per heavy atom. The van der Waals surface area contributed by atoms with Crippen molar-refractivity contribution in [2.45, 2.75) is 46.1 Å². The van der Waals surface area contributed by atoms with Crippen molar-refractivity contribution in [1.29, 1.82) is 0 Å². The molecule has 2 aromatic carbocycles. The standard InChI is InChI=1S/C20H25NO3/c1-13-6-11-17(18(22)12-13)21-19(23)14(2)24-16-9-7-15(8-10-16)20(3,4)5/h6-12,14,22H,1-5H3,(H,21,23). The maximum atomic E-state index is 12.2. The molecule has 2 aromatic rings. The molecular formula is C20H25NO3. The van der Waals surface area contributed by atoms with Crippen molar-refractivity contribution < 1.29 is 14.6 Å². The van der Waals surface area contributed by atoms with Crippen LogP contribution in [0.5, 0.6) is 11.5 Å². The molecule has 24 heavy (non-hydrogen) atoms. The van der Waals surface area contributed by atoms with Gasteiger partial charge in [-0.05, 0) is 54.7 Å². The number of benzene rings is 2. The van der Waals surface area contributed by atoms with Gasteiger partial charge >= 0.3 is 0 Å². The van der Waals surface area contributed by atoms with E-state index in [1.54, 1.807) is 19.1 Å². The average Bonchev–Trinajstić information content (AvgIpc) is 2.49. The molecule has 0 aliphatic carbocycles. The predicted octanol–water partition coefficient (Wildman–Crippen LogP) is 4.40. The van der Waals surface area contributed by atoms with Crippen LogP contribution in [-0.4, -0.2) is 17.1 Å². The van der Waals surface area contributed by atoms with E-state index in [9.17, 15) is 9.90 Å². The number of aromatic hydroxyl groups is 1. The van der Waals surface area contributed by atoms with Crippen LogP contribution in [0.25, 0.3) is 0 Å². The van der Waals surface area contributed by atoms with Gasteiger partial charge in [-0.25, -0.2) is 0 Å². The summed E-state index contributed by atoms with van der Waals surface area (Å²) >= 11 is 0. The van der Waals surface area contributed by atoms with Crippen LogP contribution in [0, 0.1) is 6.92 Å². The van der Waals surface area contributed by atoms with Crippen LogP contribution in [0.15, 0.2) is 42.5 Å². The van der Waals surface area contributed by atoms with Crippen LogP contribution < -0.4 is 10.1 Å². The third kappa shape index (κ3) is 4.51. The number of ether oxygens (including phenoxy) is 1. The van der Waals surface area contributed by atoms with Gasteiger partial charge in [0.15, 0.2) is 6.10 Å². The molecule has 4 heteroatoms. The second-order valence-corrected chi connectivity index (χ2v) is 7.04. The van der Waals surface area contributed by atoms with Gasteiger partial charge in [-0.15, -0.1) is 0 Å². The summed E-state index contributed by atoms with van der Waals surface area (Å²) in [5.74, 6) is 0.373. The number of hydrogen-bond acceptors (Lipinski definition) is 3. The van der Waals surface area contributed by atoms with E-state index in [-0.39, 0.29) is 17.1 Å². The fourth-order valence-electron chi connectivity index (χ4n) is 2.27. The number of carbonyl (C=O) groups is 1.